The minimum absolute atomic E-state index is 0.0214. The fraction of sp³-hybridized carbons (Fsp3) is 0.211. The van der Waals surface area contributed by atoms with Gasteiger partial charge in [-0.25, -0.2) is 0 Å². The summed E-state index contributed by atoms with van der Waals surface area (Å²) < 4.78 is 10.5. The van der Waals surface area contributed by atoms with E-state index in [0.717, 1.165) is 29.0 Å². The Balaban J connectivity index is 1.41. The number of nitrogens with one attached hydrogen (secondary N) is 1. The van der Waals surface area contributed by atoms with Gasteiger partial charge in [-0.05, 0) is 48.2 Å². The van der Waals surface area contributed by atoms with Gasteiger partial charge in [0.25, 0.3) is 0 Å². The van der Waals surface area contributed by atoms with E-state index in [-0.39, 0.29) is 17.7 Å². The standard InChI is InChI=1S/C19H17N3O3/c1-24-17-5-3-2-4-14(17)15-10-16(15)18(23)21-13-8-6-12(7-9-13)19-22-20-11-25-19/h2-9,11,15-16H,10H2,1H3,(H,21,23)/t15-,16-/m1/s1. The Hall–Kier alpha value is -3.15. The zero-order chi connectivity index (χ0) is 17.2. The second-order valence-corrected chi connectivity index (χ2v) is 6.00. The second-order valence-electron chi connectivity index (χ2n) is 6.00. The molecule has 2 atom stereocenters. The largest absolute Gasteiger partial charge is 0.496 e. The van der Waals surface area contributed by atoms with E-state index < -0.39 is 0 Å². The molecule has 1 amide bonds. The third kappa shape index (κ3) is 3.10. The number of benzene rings is 2. The van der Waals surface area contributed by atoms with Crippen LogP contribution in [-0.4, -0.2) is 23.2 Å². The summed E-state index contributed by atoms with van der Waals surface area (Å²) in [6, 6.07) is 15.2. The SMILES string of the molecule is COc1ccccc1[C@H]1C[C@H]1C(=O)Nc1ccc(-c2nnco2)cc1. The maximum absolute atomic E-state index is 12.5. The maximum atomic E-state index is 12.5. The fourth-order valence-electron chi connectivity index (χ4n) is 3.03. The van der Waals surface area contributed by atoms with Crippen LogP contribution in [0, 0.1) is 5.92 Å². The predicted molar refractivity (Wildman–Crippen MR) is 92.2 cm³/mol. The normalized spacial score (nSPS) is 18.6. The summed E-state index contributed by atoms with van der Waals surface area (Å²) >= 11 is 0. The zero-order valence-electron chi connectivity index (χ0n) is 13.7. The van der Waals surface area contributed by atoms with E-state index in [4.69, 9.17) is 9.15 Å². The molecule has 3 aromatic rings. The molecular weight excluding hydrogens is 318 g/mol. The molecule has 0 radical (unpaired) electrons. The molecule has 6 nitrogen and oxygen atoms in total. The van der Waals surface area contributed by atoms with Crippen LogP contribution >= 0.6 is 0 Å². The van der Waals surface area contributed by atoms with Crippen molar-refractivity contribution in [3.8, 4) is 17.2 Å². The van der Waals surface area contributed by atoms with Crippen molar-refractivity contribution in [3.05, 3.63) is 60.5 Å². The summed E-state index contributed by atoms with van der Waals surface area (Å²) in [4.78, 5) is 12.5. The summed E-state index contributed by atoms with van der Waals surface area (Å²) in [5.41, 5.74) is 2.66. The molecule has 0 saturated heterocycles. The van der Waals surface area contributed by atoms with Crippen molar-refractivity contribution >= 4 is 11.6 Å². The summed E-state index contributed by atoms with van der Waals surface area (Å²) in [5, 5.41) is 10.5. The smallest absolute Gasteiger partial charge is 0.247 e. The molecule has 1 saturated carbocycles. The lowest BCUT2D eigenvalue weighted by Crippen LogP contribution is -2.14. The molecule has 1 N–H and O–H groups in total. The van der Waals surface area contributed by atoms with Crippen LogP contribution in [0.5, 0.6) is 5.75 Å². The molecule has 1 aliphatic carbocycles. The number of ether oxygens (including phenoxy) is 1. The monoisotopic (exact) mass is 335 g/mol. The van der Waals surface area contributed by atoms with Crippen LogP contribution < -0.4 is 10.1 Å². The summed E-state index contributed by atoms with van der Waals surface area (Å²) in [7, 11) is 1.65. The van der Waals surface area contributed by atoms with Gasteiger partial charge in [0.1, 0.15) is 5.75 Å². The van der Waals surface area contributed by atoms with Crippen molar-refractivity contribution in [2.45, 2.75) is 12.3 Å². The van der Waals surface area contributed by atoms with Gasteiger partial charge in [0.2, 0.25) is 18.2 Å². The lowest BCUT2D eigenvalue weighted by atomic mass is 10.1. The zero-order valence-corrected chi connectivity index (χ0v) is 13.7. The minimum Gasteiger partial charge on any atom is -0.496 e. The van der Waals surface area contributed by atoms with Gasteiger partial charge >= 0.3 is 0 Å². The quantitative estimate of drug-likeness (QED) is 0.772. The highest BCUT2D eigenvalue weighted by Crippen LogP contribution is 2.50. The average molecular weight is 335 g/mol. The maximum Gasteiger partial charge on any atom is 0.247 e. The fourth-order valence-corrected chi connectivity index (χ4v) is 3.03. The van der Waals surface area contributed by atoms with Crippen molar-refractivity contribution in [2.24, 2.45) is 5.92 Å². The van der Waals surface area contributed by atoms with Crippen LogP contribution in [0.2, 0.25) is 0 Å². The topological polar surface area (TPSA) is 77.2 Å². The number of anilines is 1. The number of carbonyl (C=O) groups excluding carboxylic acids is 1. The molecule has 25 heavy (non-hydrogen) atoms. The molecule has 1 aliphatic rings. The minimum atomic E-state index is -0.0214. The molecular formula is C19H17N3O3. The van der Waals surface area contributed by atoms with Crippen molar-refractivity contribution in [2.75, 3.05) is 12.4 Å². The first kappa shape index (κ1) is 15.4. The molecule has 126 valence electrons. The van der Waals surface area contributed by atoms with Gasteiger partial charge in [0, 0.05) is 17.2 Å². The van der Waals surface area contributed by atoms with Crippen LogP contribution in [-0.2, 0) is 4.79 Å². The van der Waals surface area contributed by atoms with E-state index >= 15 is 0 Å². The van der Waals surface area contributed by atoms with Gasteiger partial charge < -0.3 is 14.5 Å². The molecule has 4 rings (SSSR count). The second kappa shape index (κ2) is 6.39. The Morgan fingerprint density at radius 3 is 2.72 bits per heavy atom. The number of hydrogen-bond acceptors (Lipinski definition) is 5. The number of rotatable bonds is 5. The Labute approximate surface area is 144 Å². The highest BCUT2D eigenvalue weighted by atomic mass is 16.5. The Morgan fingerprint density at radius 2 is 2.00 bits per heavy atom. The van der Waals surface area contributed by atoms with Crippen LogP contribution in [0.25, 0.3) is 11.5 Å². The molecule has 0 bridgehead atoms. The molecule has 1 heterocycles. The highest BCUT2D eigenvalue weighted by molar-refractivity contribution is 5.95. The molecule has 1 aromatic heterocycles. The molecule has 0 aliphatic heterocycles. The number of hydrogen-bond donors (Lipinski definition) is 1. The number of nitrogens with zero attached hydrogens (tertiary/aromatic N) is 2. The number of para-hydroxylation sites is 1. The lowest BCUT2D eigenvalue weighted by molar-refractivity contribution is -0.117. The Kier molecular flexibility index (Phi) is 3.93. The Bertz CT molecular complexity index is 875. The van der Waals surface area contributed by atoms with Crippen molar-refractivity contribution in [1.29, 1.82) is 0 Å². The molecule has 0 unspecified atom stereocenters. The number of aromatic nitrogens is 2. The van der Waals surface area contributed by atoms with Crippen molar-refractivity contribution in [1.82, 2.24) is 10.2 Å². The third-order valence-electron chi connectivity index (χ3n) is 4.43. The molecule has 2 aromatic carbocycles. The third-order valence-corrected chi connectivity index (χ3v) is 4.43. The number of amides is 1. The summed E-state index contributed by atoms with van der Waals surface area (Å²) in [6.45, 7) is 0. The van der Waals surface area contributed by atoms with E-state index in [0.29, 0.717) is 5.89 Å². The Morgan fingerprint density at radius 1 is 1.20 bits per heavy atom. The first-order valence-electron chi connectivity index (χ1n) is 8.06. The molecule has 6 heteroatoms. The molecule has 1 fully saturated rings. The first-order chi connectivity index (χ1) is 12.3. The van der Waals surface area contributed by atoms with Gasteiger partial charge in [-0.15, -0.1) is 10.2 Å². The number of methoxy groups -OCH3 is 1. The van der Waals surface area contributed by atoms with E-state index in [9.17, 15) is 4.79 Å². The van der Waals surface area contributed by atoms with Gasteiger partial charge in [-0.1, -0.05) is 18.2 Å². The van der Waals surface area contributed by atoms with E-state index in [2.05, 4.69) is 15.5 Å². The summed E-state index contributed by atoms with van der Waals surface area (Å²) in [5.74, 6) is 1.52. The van der Waals surface area contributed by atoms with Crippen LogP contribution in [0.15, 0.2) is 59.3 Å². The molecule has 0 spiro atoms. The van der Waals surface area contributed by atoms with E-state index in [1.165, 1.54) is 6.39 Å². The average Bonchev–Trinajstić information content (AvgIpc) is 3.27. The van der Waals surface area contributed by atoms with Gasteiger partial charge in [-0.3, -0.25) is 4.79 Å². The van der Waals surface area contributed by atoms with Gasteiger partial charge in [0.05, 0.1) is 7.11 Å². The number of carbonyl (C=O) groups is 1. The van der Waals surface area contributed by atoms with Crippen molar-refractivity contribution < 1.29 is 13.9 Å². The van der Waals surface area contributed by atoms with Crippen LogP contribution in [0.3, 0.4) is 0 Å². The van der Waals surface area contributed by atoms with Gasteiger partial charge in [0.15, 0.2) is 0 Å². The van der Waals surface area contributed by atoms with Gasteiger partial charge in [-0.2, -0.15) is 0 Å². The lowest BCUT2D eigenvalue weighted by Gasteiger charge is -2.08. The van der Waals surface area contributed by atoms with E-state index in [1.54, 1.807) is 7.11 Å². The van der Waals surface area contributed by atoms with Crippen LogP contribution in [0.1, 0.15) is 17.9 Å². The van der Waals surface area contributed by atoms with Crippen molar-refractivity contribution in [3.63, 3.8) is 0 Å². The van der Waals surface area contributed by atoms with Crippen LogP contribution in [0.4, 0.5) is 5.69 Å². The van der Waals surface area contributed by atoms with E-state index in [1.807, 2.05) is 48.5 Å². The first-order valence-corrected chi connectivity index (χ1v) is 8.06. The highest BCUT2D eigenvalue weighted by Gasteiger charge is 2.45. The summed E-state index contributed by atoms with van der Waals surface area (Å²) in [6.07, 6.45) is 2.13. The predicted octanol–water partition coefficient (Wildman–Crippen LogP) is 3.49.